The fraction of sp³-hybridized carbons (Fsp3) is 0.155. The van der Waals surface area contributed by atoms with Crippen LogP contribution < -0.4 is 4.90 Å². The molecule has 1 spiro atoms. The Balaban J connectivity index is 0.771. The number of nitrogens with zero attached hydrogens (tertiary/aromatic N) is 2. The van der Waals surface area contributed by atoms with Gasteiger partial charge in [-0.1, -0.05) is 182 Å². The van der Waals surface area contributed by atoms with Gasteiger partial charge in [-0.25, -0.2) is 0 Å². The van der Waals surface area contributed by atoms with Crippen LogP contribution in [0.25, 0.3) is 83.1 Å². The van der Waals surface area contributed by atoms with Crippen LogP contribution >= 0.6 is 0 Å². The average Bonchev–Trinajstić information content (AvgIpc) is 3.89. The molecule has 11 aromatic rings. The summed E-state index contributed by atoms with van der Waals surface area (Å²) in [5.74, 6) is 3.35. The maximum atomic E-state index is 2.53. The summed E-state index contributed by atoms with van der Waals surface area (Å²) in [6, 6.07) is 90.6. The average molecular weight is 937 g/mol. The van der Waals surface area contributed by atoms with Crippen molar-refractivity contribution in [1.29, 1.82) is 0 Å². The molecule has 5 unspecified atom stereocenters. The number of rotatable bonds is 8. The van der Waals surface area contributed by atoms with Gasteiger partial charge in [0.1, 0.15) is 0 Å². The highest BCUT2D eigenvalue weighted by molar-refractivity contribution is 6.09. The lowest BCUT2D eigenvalue weighted by atomic mass is 9.51. The van der Waals surface area contributed by atoms with Crippen molar-refractivity contribution >= 4 is 38.9 Å². The van der Waals surface area contributed by atoms with Gasteiger partial charge >= 0.3 is 0 Å². The van der Waals surface area contributed by atoms with Crippen LogP contribution in [-0.4, -0.2) is 4.57 Å². The Morgan fingerprint density at radius 2 is 0.863 bits per heavy atom. The fourth-order valence-corrected chi connectivity index (χ4v) is 15.0. The Morgan fingerprint density at radius 3 is 1.63 bits per heavy atom. The molecule has 4 fully saturated rings. The highest BCUT2D eigenvalue weighted by Crippen LogP contribution is 2.68. The molecule has 0 saturated heterocycles. The molecule has 1 heterocycles. The van der Waals surface area contributed by atoms with Gasteiger partial charge in [0.25, 0.3) is 0 Å². The first kappa shape index (κ1) is 42.5. The number of para-hydroxylation sites is 2. The monoisotopic (exact) mass is 936 g/mol. The minimum absolute atomic E-state index is 0.161. The number of aromatic nitrogens is 1. The molecule has 5 atom stereocenters. The van der Waals surface area contributed by atoms with Crippen LogP contribution in [-0.2, 0) is 5.41 Å². The molecule has 0 N–H and O–H groups in total. The van der Waals surface area contributed by atoms with Crippen LogP contribution in [0, 0.1) is 23.7 Å². The van der Waals surface area contributed by atoms with Crippen LogP contribution in [0.2, 0.25) is 0 Å². The van der Waals surface area contributed by atoms with Crippen molar-refractivity contribution in [3.8, 4) is 61.3 Å². The third-order valence-electron chi connectivity index (χ3n) is 17.9. The Kier molecular flexibility index (Phi) is 9.87. The van der Waals surface area contributed by atoms with Crippen molar-refractivity contribution in [2.75, 3.05) is 4.90 Å². The lowest BCUT2D eigenvalue weighted by Crippen LogP contribution is -2.48. The van der Waals surface area contributed by atoms with Crippen LogP contribution in [0.5, 0.6) is 0 Å². The van der Waals surface area contributed by atoms with Crippen LogP contribution in [0.3, 0.4) is 0 Å². The first-order chi connectivity index (χ1) is 36.2. The van der Waals surface area contributed by atoms with Gasteiger partial charge in [0.15, 0.2) is 0 Å². The second kappa shape index (κ2) is 17.0. The van der Waals surface area contributed by atoms with E-state index in [9.17, 15) is 0 Å². The topological polar surface area (TPSA) is 8.17 Å². The summed E-state index contributed by atoms with van der Waals surface area (Å²) in [5, 5.41) is 2.53. The second-order valence-electron chi connectivity index (χ2n) is 21.6. The number of benzene rings is 10. The molecule has 4 saturated carbocycles. The zero-order valence-electron chi connectivity index (χ0n) is 41.0. The van der Waals surface area contributed by atoms with E-state index in [1.54, 1.807) is 11.1 Å². The van der Waals surface area contributed by atoms with Gasteiger partial charge < -0.3 is 9.47 Å². The van der Waals surface area contributed by atoms with Gasteiger partial charge in [-0.2, -0.15) is 0 Å². The third-order valence-corrected chi connectivity index (χ3v) is 17.9. The zero-order valence-corrected chi connectivity index (χ0v) is 41.0. The predicted octanol–water partition coefficient (Wildman–Crippen LogP) is 19.0. The van der Waals surface area contributed by atoms with Gasteiger partial charge in [0.2, 0.25) is 0 Å². The lowest BCUT2D eigenvalue weighted by Gasteiger charge is -2.53. The molecule has 5 aliphatic carbocycles. The zero-order chi connectivity index (χ0) is 48.0. The van der Waals surface area contributed by atoms with Gasteiger partial charge in [0.05, 0.1) is 11.0 Å². The van der Waals surface area contributed by atoms with Gasteiger partial charge in [-0.15, -0.1) is 0 Å². The molecule has 5 aliphatic rings. The van der Waals surface area contributed by atoms with Crippen LogP contribution in [0.4, 0.5) is 17.1 Å². The quantitative estimate of drug-likeness (QED) is 0.147. The normalized spacial score (nSPS) is 20.3. The van der Waals surface area contributed by atoms with E-state index in [0.29, 0.717) is 0 Å². The van der Waals surface area contributed by atoms with E-state index in [1.807, 2.05) is 0 Å². The van der Waals surface area contributed by atoms with Gasteiger partial charge in [-0.3, -0.25) is 0 Å². The molecule has 0 amide bonds. The first-order valence-electron chi connectivity index (χ1n) is 26.7. The number of anilines is 3. The summed E-state index contributed by atoms with van der Waals surface area (Å²) in [6.45, 7) is 0. The molecule has 73 heavy (non-hydrogen) atoms. The molecule has 10 aromatic carbocycles. The molecule has 16 rings (SSSR count). The van der Waals surface area contributed by atoms with E-state index in [0.717, 1.165) is 46.4 Å². The van der Waals surface area contributed by atoms with E-state index in [-0.39, 0.29) is 5.41 Å². The number of hydrogen-bond donors (Lipinski definition) is 0. The van der Waals surface area contributed by atoms with Crippen molar-refractivity contribution < 1.29 is 0 Å². The molecular weight excluding hydrogens is 881 g/mol. The smallest absolute Gasteiger partial charge is 0.0541 e. The third kappa shape index (κ3) is 6.76. The van der Waals surface area contributed by atoms with Crippen molar-refractivity contribution in [2.45, 2.75) is 43.9 Å². The molecule has 2 heteroatoms. The highest BCUT2D eigenvalue weighted by Gasteiger charge is 2.59. The van der Waals surface area contributed by atoms with E-state index >= 15 is 0 Å². The first-order valence-corrected chi connectivity index (χ1v) is 26.7. The van der Waals surface area contributed by atoms with E-state index in [2.05, 4.69) is 252 Å². The molecule has 0 aliphatic heterocycles. The summed E-state index contributed by atoms with van der Waals surface area (Å²) in [6.07, 6.45) is 8.50. The summed E-state index contributed by atoms with van der Waals surface area (Å²) in [7, 11) is 0. The van der Waals surface area contributed by atoms with Crippen molar-refractivity contribution in [3.63, 3.8) is 0 Å². The Bertz CT molecular complexity index is 3820. The number of fused-ring (bicyclic) bond motifs is 7. The Labute approximate surface area is 428 Å². The predicted molar refractivity (Wildman–Crippen MR) is 305 cm³/mol. The lowest BCUT2D eigenvalue weighted by molar-refractivity contribution is 0.0618. The standard InChI is InChI=1S/C71H56N2/c1-2-13-49(14-3-1)50-32-35-58(36-33-50)72(59-37-39-60(40-38-59)73-68-25-8-5-19-63(68)64-20-6-9-26-69(64)73)61-18-11-17-55(46-61)54-16-10-15-53(45-54)51-28-30-52(31-29-51)62-22-12-24-67-70(62)65-21-4-7-23-66(65)71(67)56-34-27-47-41-48(43-56)44-57(71)42-47/h1-26,28-33,35-40,45-48,56-57H,27,34,41-44H2. The number of hydrogen-bond acceptors (Lipinski definition) is 1. The van der Waals surface area contributed by atoms with Crippen LogP contribution in [0.15, 0.2) is 243 Å². The fourth-order valence-electron chi connectivity index (χ4n) is 15.0. The van der Waals surface area contributed by atoms with Crippen LogP contribution in [0.1, 0.15) is 49.7 Å². The van der Waals surface area contributed by atoms with E-state index in [4.69, 9.17) is 0 Å². The largest absolute Gasteiger partial charge is 0.310 e. The van der Waals surface area contributed by atoms with Gasteiger partial charge in [-0.05, 0) is 189 Å². The molecule has 0 radical (unpaired) electrons. The molecule has 4 bridgehead atoms. The summed E-state index contributed by atoms with van der Waals surface area (Å²) < 4.78 is 2.39. The highest BCUT2D eigenvalue weighted by atomic mass is 15.1. The Morgan fingerprint density at radius 1 is 0.342 bits per heavy atom. The minimum Gasteiger partial charge on any atom is -0.310 e. The second-order valence-corrected chi connectivity index (χ2v) is 21.6. The molecule has 2 nitrogen and oxygen atoms in total. The molecule has 350 valence electrons. The summed E-state index contributed by atoms with van der Waals surface area (Å²) in [5.41, 5.74) is 23.2. The van der Waals surface area contributed by atoms with E-state index in [1.165, 1.54) is 116 Å². The molecule has 1 aromatic heterocycles. The Hall–Kier alpha value is -8.20. The van der Waals surface area contributed by atoms with Gasteiger partial charge in [0, 0.05) is 38.9 Å². The summed E-state index contributed by atoms with van der Waals surface area (Å²) in [4.78, 5) is 2.39. The maximum absolute atomic E-state index is 2.53. The molecular formula is C71H56N2. The van der Waals surface area contributed by atoms with Crippen molar-refractivity contribution in [3.05, 3.63) is 254 Å². The SMILES string of the molecule is c1ccc(-c2ccc(N(c3ccc(-n4c5ccccc5c5ccccc54)cc3)c3cccc(-c4cccc(-c5ccc(-c6cccc7c6-c6ccccc6C76C7CCC8CC(C7)CC6C8)cc5)c4)c3)cc2)cc1. The summed E-state index contributed by atoms with van der Waals surface area (Å²) >= 11 is 0. The minimum atomic E-state index is 0.161. The van der Waals surface area contributed by atoms with E-state index < -0.39 is 0 Å². The van der Waals surface area contributed by atoms with Crippen molar-refractivity contribution in [2.24, 2.45) is 23.7 Å². The van der Waals surface area contributed by atoms with Crippen molar-refractivity contribution in [1.82, 2.24) is 4.57 Å². The maximum Gasteiger partial charge on any atom is 0.0541 e.